The maximum absolute atomic E-state index is 13.3. The molecule has 0 radical (unpaired) electrons. The first-order chi connectivity index (χ1) is 10.6. The number of rotatable bonds is 2. The van der Waals surface area contributed by atoms with E-state index in [1.807, 2.05) is 25.1 Å². The van der Waals surface area contributed by atoms with Crippen molar-refractivity contribution in [3.05, 3.63) is 65.0 Å². The summed E-state index contributed by atoms with van der Waals surface area (Å²) in [6, 6.07) is 11.8. The summed E-state index contributed by atoms with van der Waals surface area (Å²) in [5, 5.41) is 0. The Morgan fingerprint density at radius 1 is 1.27 bits per heavy atom. The van der Waals surface area contributed by atoms with Crippen LogP contribution in [0.25, 0.3) is 0 Å². The van der Waals surface area contributed by atoms with Gasteiger partial charge in [0.25, 0.3) is 5.91 Å². The number of nitrogens with zero attached hydrogens (tertiary/aromatic N) is 1. The molecule has 0 aliphatic carbocycles. The van der Waals surface area contributed by atoms with Gasteiger partial charge in [0.1, 0.15) is 11.6 Å². The topological polar surface area (TPSA) is 29.5 Å². The lowest BCUT2D eigenvalue weighted by Crippen LogP contribution is -2.38. The van der Waals surface area contributed by atoms with Crippen LogP contribution in [-0.2, 0) is 6.42 Å². The standard InChI is InChI=1S/C18H18FNO2/c1-12-17-7-6-16(22-2)11-13(17)8-9-20(12)18(21)14-4-3-5-15(19)10-14/h3-7,10-12H,8-9H2,1-2H3. The van der Waals surface area contributed by atoms with E-state index in [1.54, 1.807) is 24.1 Å². The van der Waals surface area contributed by atoms with E-state index < -0.39 is 0 Å². The van der Waals surface area contributed by atoms with Crippen LogP contribution in [0.3, 0.4) is 0 Å². The number of hydrogen-bond acceptors (Lipinski definition) is 2. The largest absolute Gasteiger partial charge is 0.497 e. The van der Waals surface area contributed by atoms with E-state index in [9.17, 15) is 9.18 Å². The van der Waals surface area contributed by atoms with Crippen LogP contribution in [0.1, 0.15) is 34.5 Å². The molecule has 2 aromatic rings. The Kier molecular flexibility index (Phi) is 3.84. The lowest BCUT2D eigenvalue weighted by Gasteiger charge is -2.35. The zero-order valence-electron chi connectivity index (χ0n) is 12.7. The molecule has 0 bridgehead atoms. The van der Waals surface area contributed by atoms with Gasteiger partial charge >= 0.3 is 0 Å². The van der Waals surface area contributed by atoms with Crippen LogP contribution in [0, 0.1) is 5.82 Å². The number of carbonyl (C=O) groups excluding carboxylic acids is 1. The molecule has 0 saturated carbocycles. The molecule has 3 nitrogen and oxygen atoms in total. The monoisotopic (exact) mass is 299 g/mol. The van der Waals surface area contributed by atoms with Crippen molar-refractivity contribution in [1.29, 1.82) is 0 Å². The molecule has 3 rings (SSSR count). The van der Waals surface area contributed by atoms with E-state index in [0.717, 1.165) is 17.7 Å². The number of fused-ring (bicyclic) bond motifs is 1. The van der Waals surface area contributed by atoms with Crippen molar-refractivity contribution in [2.45, 2.75) is 19.4 Å². The molecule has 1 aliphatic rings. The average molecular weight is 299 g/mol. The lowest BCUT2D eigenvalue weighted by atomic mass is 9.92. The fourth-order valence-electron chi connectivity index (χ4n) is 3.00. The van der Waals surface area contributed by atoms with Gasteiger partial charge in [-0.1, -0.05) is 12.1 Å². The molecule has 1 atom stereocenters. The van der Waals surface area contributed by atoms with E-state index in [-0.39, 0.29) is 17.8 Å². The minimum Gasteiger partial charge on any atom is -0.497 e. The van der Waals surface area contributed by atoms with Crippen LogP contribution in [0.15, 0.2) is 42.5 Å². The first kappa shape index (κ1) is 14.6. The van der Waals surface area contributed by atoms with E-state index in [2.05, 4.69) is 0 Å². The zero-order valence-corrected chi connectivity index (χ0v) is 12.7. The Morgan fingerprint density at radius 2 is 2.09 bits per heavy atom. The van der Waals surface area contributed by atoms with Gasteiger partial charge in [0, 0.05) is 12.1 Å². The highest BCUT2D eigenvalue weighted by Crippen LogP contribution is 2.32. The van der Waals surface area contributed by atoms with Crippen molar-refractivity contribution < 1.29 is 13.9 Å². The molecule has 2 aromatic carbocycles. The molecule has 1 unspecified atom stereocenters. The Morgan fingerprint density at radius 3 is 2.82 bits per heavy atom. The smallest absolute Gasteiger partial charge is 0.254 e. The van der Waals surface area contributed by atoms with E-state index in [0.29, 0.717) is 12.1 Å². The normalized spacial score (nSPS) is 17.0. The lowest BCUT2D eigenvalue weighted by molar-refractivity contribution is 0.0677. The highest BCUT2D eigenvalue weighted by atomic mass is 19.1. The molecule has 0 saturated heterocycles. The molecular weight excluding hydrogens is 281 g/mol. The molecular formula is C18H18FNO2. The van der Waals surface area contributed by atoms with E-state index in [1.165, 1.54) is 17.7 Å². The molecule has 114 valence electrons. The summed E-state index contributed by atoms with van der Waals surface area (Å²) in [6.45, 7) is 2.62. The Hall–Kier alpha value is -2.36. The van der Waals surface area contributed by atoms with Gasteiger partial charge < -0.3 is 9.64 Å². The second kappa shape index (κ2) is 5.79. The van der Waals surface area contributed by atoms with Crippen molar-refractivity contribution >= 4 is 5.91 Å². The van der Waals surface area contributed by atoms with Crippen molar-refractivity contribution in [1.82, 2.24) is 4.90 Å². The summed E-state index contributed by atoms with van der Waals surface area (Å²) in [5.41, 5.74) is 2.72. The van der Waals surface area contributed by atoms with Crippen LogP contribution in [0.2, 0.25) is 0 Å². The number of halogens is 1. The summed E-state index contributed by atoms with van der Waals surface area (Å²) in [4.78, 5) is 14.4. The predicted molar refractivity (Wildman–Crippen MR) is 82.5 cm³/mol. The molecule has 0 spiro atoms. The minimum absolute atomic E-state index is 0.0366. The summed E-state index contributed by atoms with van der Waals surface area (Å²) in [6.07, 6.45) is 0.776. The number of benzene rings is 2. The quantitative estimate of drug-likeness (QED) is 0.848. The van der Waals surface area contributed by atoms with Gasteiger partial charge in [-0.2, -0.15) is 0 Å². The van der Waals surface area contributed by atoms with Crippen LogP contribution >= 0.6 is 0 Å². The molecule has 1 aliphatic heterocycles. The molecule has 0 fully saturated rings. The van der Waals surface area contributed by atoms with Crippen molar-refractivity contribution in [2.24, 2.45) is 0 Å². The maximum atomic E-state index is 13.3. The molecule has 22 heavy (non-hydrogen) atoms. The van der Waals surface area contributed by atoms with Crippen LogP contribution in [0.5, 0.6) is 5.75 Å². The maximum Gasteiger partial charge on any atom is 0.254 e. The molecule has 1 amide bonds. The van der Waals surface area contributed by atoms with E-state index >= 15 is 0 Å². The Balaban J connectivity index is 1.89. The summed E-state index contributed by atoms with van der Waals surface area (Å²) >= 11 is 0. The summed E-state index contributed by atoms with van der Waals surface area (Å²) in [7, 11) is 1.65. The van der Waals surface area contributed by atoms with Gasteiger partial charge in [0.15, 0.2) is 0 Å². The second-order valence-electron chi connectivity index (χ2n) is 5.50. The number of methoxy groups -OCH3 is 1. The number of amides is 1. The third kappa shape index (κ3) is 2.56. The SMILES string of the molecule is COc1ccc2c(c1)CCN(C(=O)c1cccc(F)c1)C2C. The Bertz CT molecular complexity index is 714. The van der Waals surface area contributed by atoms with Gasteiger partial charge in [0.05, 0.1) is 13.2 Å². The van der Waals surface area contributed by atoms with E-state index in [4.69, 9.17) is 4.74 Å². The fraction of sp³-hybridized carbons (Fsp3) is 0.278. The van der Waals surface area contributed by atoms with Crippen molar-refractivity contribution in [3.8, 4) is 5.75 Å². The van der Waals surface area contributed by atoms with Crippen molar-refractivity contribution in [3.63, 3.8) is 0 Å². The molecule has 4 heteroatoms. The van der Waals surface area contributed by atoms with Gasteiger partial charge in [-0.05, 0) is 54.8 Å². The van der Waals surface area contributed by atoms with Gasteiger partial charge in [0.2, 0.25) is 0 Å². The minimum atomic E-state index is -0.388. The average Bonchev–Trinajstić information content (AvgIpc) is 2.54. The molecule has 1 heterocycles. The second-order valence-corrected chi connectivity index (χ2v) is 5.50. The molecule has 0 N–H and O–H groups in total. The van der Waals surface area contributed by atoms with Gasteiger partial charge in [-0.3, -0.25) is 4.79 Å². The summed E-state index contributed by atoms with van der Waals surface area (Å²) in [5.74, 6) is 0.310. The third-order valence-electron chi connectivity index (χ3n) is 4.22. The van der Waals surface area contributed by atoms with Crippen LogP contribution in [0.4, 0.5) is 4.39 Å². The first-order valence-electron chi connectivity index (χ1n) is 7.33. The first-order valence-corrected chi connectivity index (χ1v) is 7.33. The number of ether oxygens (including phenoxy) is 1. The Labute approximate surface area is 129 Å². The van der Waals surface area contributed by atoms with Crippen LogP contribution in [-0.4, -0.2) is 24.5 Å². The van der Waals surface area contributed by atoms with Gasteiger partial charge in [-0.25, -0.2) is 4.39 Å². The van der Waals surface area contributed by atoms with Gasteiger partial charge in [-0.15, -0.1) is 0 Å². The zero-order chi connectivity index (χ0) is 15.7. The fourth-order valence-corrected chi connectivity index (χ4v) is 3.00. The summed E-state index contributed by atoms with van der Waals surface area (Å²) < 4.78 is 18.6. The van der Waals surface area contributed by atoms with Crippen LogP contribution < -0.4 is 4.74 Å². The highest BCUT2D eigenvalue weighted by molar-refractivity contribution is 5.94. The number of hydrogen-bond donors (Lipinski definition) is 0. The highest BCUT2D eigenvalue weighted by Gasteiger charge is 2.28. The number of carbonyl (C=O) groups is 1. The third-order valence-corrected chi connectivity index (χ3v) is 4.22. The molecule has 0 aromatic heterocycles. The predicted octanol–water partition coefficient (Wildman–Crippen LogP) is 3.59. The van der Waals surface area contributed by atoms with Crippen molar-refractivity contribution in [2.75, 3.05) is 13.7 Å².